The molecule has 108 valence electrons. The van der Waals surface area contributed by atoms with Gasteiger partial charge in [-0.3, -0.25) is 14.4 Å². The maximum absolute atomic E-state index is 11.0. The van der Waals surface area contributed by atoms with E-state index in [0.29, 0.717) is 0 Å². The Morgan fingerprint density at radius 3 is 2.00 bits per heavy atom. The highest BCUT2D eigenvalue weighted by molar-refractivity contribution is 5.68. The number of ether oxygens (including phenoxy) is 4. The van der Waals surface area contributed by atoms with Gasteiger partial charge in [0.2, 0.25) is 12.4 Å². The van der Waals surface area contributed by atoms with Crippen LogP contribution in [0.4, 0.5) is 0 Å². The van der Waals surface area contributed by atoms with E-state index in [9.17, 15) is 19.5 Å². The molecular formula is C11H16O8. The third-order valence-corrected chi connectivity index (χ3v) is 2.26. The number of aliphatic hydroxyl groups is 1. The summed E-state index contributed by atoms with van der Waals surface area (Å²) in [6.07, 6.45) is -4.77. The molecule has 1 aliphatic rings. The number of aliphatic hydroxyl groups excluding tert-OH is 1. The van der Waals surface area contributed by atoms with Gasteiger partial charge in [-0.1, -0.05) is 0 Å². The van der Waals surface area contributed by atoms with E-state index in [-0.39, 0.29) is 6.42 Å². The Morgan fingerprint density at radius 2 is 1.53 bits per heavy atom. The van der Waals surface area contributed by atoms with Crippen molar-refractivity contribution in [3.05, 3.63) is 0 Å². The molecule has 0 aromatic carbocycles. The first-order valence-electron chi connectivity index (χ1n) is 5.64. The Hall–Kier alpha value is -1.67. The number of rotatable bonds is 3. The zero-order chi connectivity index (χ0) is 14.6. The summed E-state index contributed by atoms with van der Waals surface area (Å²) < 4.78 is 19.6. The summed E-state index contributed by atoms with van der Waals surface area (Å²) in [4.78, 5) is 33.0. The van der Waals surface area contributed by atoms with Gasteiger partial charge in [-0.25, -0.2) is 0 Å². The number of esters is 3. The largest absolute Gasteiger partial charge is 0.458 e. The van der Waals surface area contributed by atoms with Gasteiger partial charge in [0.1, 0.15) is 6.10 Å². The maximum atomic E-state index is 11.0. The molecule has 0 bridgehead atoms. The van der Waals surface area contributed by atoms with Crippen LogP contribution in [0.5, 0.6) is 0 Å². The first-order chi connectivity index (χ1) is 8.79. The third kappa shape index (κ3) is 4.84. The molecule has 0 saturated carbocycles. The van der Waals surface area contributed by atoms with E-state index in [4.69, 9.17) is 18.9 Å². The van der Waals surface area contributed by atoms with Gasteiger partial charge < -0.3 is 24.1 Å². The molecule has 1 N–H and O–H groups in total. The maximum Gasteiger partial charge on any atom is 0.305 e. The molecule has 0 radical (unpaired) electrons. The van der Waals surface area contributed by atoms with E-state index in [1.807, 2.05) is 0 Å². The van der Waals surface area contributed by atoms with Crippen LogP contribution in [0.15, 0.2) is 0 Å². The van der Waals surface area contributed by atoms with Gasteiger partial charge in [-0.05, 0) is 0 Å². The van der Waals surface area contributed by atoms with Crippen LogP contribution >= 0.6 is 0 Å². The molecule has 19 heavy (non-hydrogen) atoms. The van der Waals surface area contributed by atoms with Gasteiger partial charge in [0.05, 0.1) is 0 Å². The normalized spacial score (nSPS) is 30.3. The van der Waals surface area contributed by atoms with Crippen LogP contribution in [0, 0.1) is 0 Å². The fraction of sp³-hybridized carbons (Fsp3) is 0.727. The van der Waals surface area contributed by atoms with Gasteiger partial charge in [0.15, 0.2) is 6.29 Å². The Morgan fingerprint density at radius 1 is 1.00 bits per heavy atom. The van der Waals surface area contributed by atoms with Gasteiger partial charge in [0, 0.05) is 27.2 Å². The highest BCUT2D eigenvalue weighted by atomic mass is 16.8. The third-order valence-electron chi connectivity index (χ3n) is 2.26. The first kappa shape index (κ1) is 15.4. The van der Waals surface area contributed by atoms with Gasteiger partial charge in [0.25, 0.3) is 0 Å². The lowest BCUT2D eigenvalue weighted by Crippen LogP contribution is -2.53. The highest BCUT2D eigenvalue weighted by Gasteiger charge is 2.44. The van der Waals surface area contributed by atoms with Crippen molar-refractivity contribution >= 4 is 17.9 Å². The average molecular weight is 276 g/mol. The molecular weight excluding hydrogens is 260 g/mol. The quantitative estimate of drug-likeness (QED) is 0.541. The van der Waals surface area contributed by atoms with E-state index in [1.54, 1.807) is 0 Å². The predicted octanol–water partition coefficient (Wildman–Crippen LogP) is -0.522. The minimum absolute atomic E-state index is 0.0880. The minimum atomic E-state index is -1.32. The summed E-state index contributed by atoms with van der Waals surface area (Å²) in [6.45, 7) is 3.46. The van der Waals surface area contributed by atoms with Crippen molar-refractivity contribution in [3.63, 3.8) is 0 Å². The Balaban J connectivity index is 2.87. The zero-order valence-electron chi connectivity index (χ0n) is 10.8. The van der Waals surface area contributed by atoms with Crippen LogP contribution in [0.25, 0.3) is 0 Å². The fourth-order valence-electron chi connectivity index (χ4n) is 1.71. The Bertz CT molecular complexity index is 340. The number of carbonyl (C=O) groups excluding carboxylic acids is 3. The summed E-state index contributed by atoms with van der Waals surface area (Å²) in [5.74, 6) is -1.95. The molecule has 0 aromatic rings. The smallest absolute Gasteiger partial charge is 0.305 e. The van der Waals surface area contributed by atoms with Crippen LogP contribution in [0.3, 0.4) is 0 Å². The molecule has 1 heterocycles. The molecule has 0 spiro atoms. The molecule has 4 atom stereocenters. The monoisotopic (exact) mass is 276 g/mol. The van der Waals surface area contributed by atoms with Crippen molar-refractivity contribution in [3.8, 4) is 0 Å². The summed E-state index contributed by atoms with van der Waals surface area (Å²) in [6, 6.07) is 0. The van der Waals surface area contributed by atoms with Gasteiger partial charge >= 0.3 is 17.9 Å². The zero-order valence-corrected chi connectivity index (χ0v) is 10.8. The second kappa shape index (κ2) is 6.48. The summed E-state index contributed by atoms with van der Waals surface area (Å²) in [7, 11) is 0. The summed E-state index contributed by atoms with van der Waals surface area (Å²) >= 11 is 0. The van der Waals surface area contributed by atoms with Crippen molar-refractivity contribution in [1.82, 2.24) is 0 Å². The second-order valence-corrected chi connectivity index (χ2v) is 4.03. The summed E-state index contributed by atoms with van der Waals surface area (Å²) in [5, 5.41) is 9.48. The molecule has 1 fully saturated rings. The van der Waals surface area contributed by atoms with Crippen molar-refractivity contribution in [2.24, 2.45) is 0 Å². The summed E-state index contributed by atoms with van der Waals surface area (Å²) in [5.41, 5.74) is 0. The average Bonchev–Trinajstić information content (AvgIpc) is 2.20. The van der Waals surface area contributed by atoms with Crippen LogP contribution in [-0.4, -0.2) is 47.8 Å². The Kier molecular flexibility index (Phi) is 5.25. The van der Waals surface area contributed by atoms with E-state index in [0.717, 1.165) is 13.8 Å². The van der Waals surface area contributed by atoms with Crippen LogP contribution in [0.2, 0.25) is 0 Å². The standard InChI is InChI=1S/C11H16O8/c1-5(12)16-8-4-9(15)19-11(18-7(3)14)10(8)17-6(2)13/h8-11,15H,4H2,1-3H3. The molecule has 1 rings (SSSR count). The highest BCUT2D eigenvalue weighted by Crippen LogP contribution is 2.25. The van der Waals surface area contributed by atoms with Crippen molar-refractivity contribution < 1.29 is 38.4 Å². The molecule has 1 saturated heterocycles. The number of hydrogen-bond donors (Lipinski definition) is 1. The minimum Gasteiger partial charge on any atom is -0.458 e. The second-order valence-electron chi connectivity index (χ2n) is 4.03. The molecule has 4 unspecified atom stereocenters. The van der Waals surface area contributed by atoms with Gasteiger partial charge in [-0.15, -0.1) is 0 Å². The fourth-order valence-corrected chi connectivity index (χ4v) is 1.71. The van der Waals surface area contributed by atoms with Crippen LogP contribution in [0.1, 0.15) is 27.2 Å². The van der Waals surface area contributed by atoms with Crippen molar-refractivity contribution in [2.45, 2.75) is 52.0 Å². The van der Waals surface area contributed by atoms with Crippen LogP contribution in [-0.2, 0) is 33.3 Å². The molecule has 8 heteroatoms. The van der Waals surface area contributed by atoms with Crippen LogP contribution < -0.4 is 0 Å². The molecule has 0 aliphatic carbocycles. The van der Waals surface area contributed by atoms with E-state index in [1.165, 1.54) is 6.92 Å². The van der Waals surface area contributed by atoms with E-state index >= 15 is 0 Å². The predicted molar refractivity (Wildman–Crippen MR) is 58.4 cm³/mol. The molecule has 8 nitrogen and oxygen atoms in total. The molecule has 0 aromatic heterocycles. The topological polar surface area (TPSA) is 108 Å². The van der Waals surface area contributed by atoms with Gasteiger partial charge in [-0.2, -0.15) is 0 Å². The number of hydrogen-bond acceptors (Lipinski definition) is 8. The molecule has 0 amide bonds. The van der Waals surface area contributed by atoms with Crippen molar-refractivity contribution in [2.75, 3.05) is 0 Å². The van der Waals surface area contributed by atoms with E-state index in [2.05, 4.69) is 0 Å². The lowest BCUT2D eigenvalue weighted by molar-refractivity contribution is -0.302. The Labute approximate surface area is 109 Å². The van der Waals surface area contributed by atoms with E-state index < -0.39 is 42.7 Å². The lowest BCUT2D eigenvalue weighted by Gasteiger charge is -2.37. The number of carbonyl (C=O) groups is 3. The SMILES string of the molecule is CC(=O)OC1CC(O)OC(OC(C)=O)C1OC(C)=O. The first-order valence-corrected chi connectivity index (χ1v) is 5.64. The lowest BCUT2D eigenvalue weighted by atomic mass is 10.1. The van der Waals surface area contributed by atoms with Crippen molar-refractivity contribution in [1.29, 1.82) is 0 Å². The molecule has 1 aliphatic heterocycles.